The fraction of sp³-hybridized carbons (Fsp3) is 0.348. The summed E-state index contributed by atoms with van der Waals surface area (Å²) in [5.74, 6) is 0.0398. The Morgan fingerprint density at radius 1 is 1.03 bits per heavy atom. The molecule has 1 heterocycles. The number of carbonyl (C=O) groups excluding carboxylic acids is 1. The molecule has 0 saturated carbocycles. The minimum absolute atomic E-state index is 0.281. The van der Waals surface area contributed by atoms with Crippen molar-refractivity contribution in [3.63, 3.8) is 0 Å². The molecule has 0 aromatic heterocycles. The highest BCUT2D eigenvalue weighted by Gasteiger charge is 2.31. The van der Waals surface area contributed by atoms with Crippen LogP contribution in [0.25, 0.3) is 6.08 Å². The topological polar surface area (TPSA) is 63.7 Å². The van der Waals surface area contributed by atoms with Gasteiger partial charge in [-0.05, 0) is 56.4 Å². The Kier molecular flexibility index (Phi) is 6.55. The highest BCUT2D eigenvalue weighted by Crippen LogP contribution is 2.28. The first-order valence-electron chi connectivity index (χ1n) is 9.79. The number of nitrogens with zero attached hydrogens (tertiary/aromatic N) is 1. The molecule has 0 bridgehead atoms. The Morgan fingerprint density at radius 2 is 1.62 bits per heavy atom. The van der Waals surface area contributed by atoms with Gasteiger partial charge < -0.3 is 4.74 Å². The van der Waals surface area contributed by atoms with E-state index >= 15 is 0 Å². The van der Waals surface area contributed by atoms with Gasteiger partial charge in [0.15, 0.2) is 0 Å². The number of carbonyl (C=O) groups is 1. The van der Waals surface area contributed by atoms with Gasteiger partial charge in [-0.1, -0.05) is 48.0 Å². The maximum atomic E-state index is 12.6. The second-order valence-electron chi connectivity index (χ2n) is 7.58. The lowest BCUT2D eigenvalue weighted by atomic mass is 9.98. The van der Waals surface area contributed by atoms with Gasteiger partial charge in [-0.3, -0.25) is 4.79 Å². The van der Waals surface area contributed by atoms with Crippen LogP contribution in [0.4, 0.5) is 0 Å². The molecule has 154 valence electrons. The molecule has 0 radical (unpaired) electrons. The molecule has 0 unspecified atom stereocenters. The van der Waals surface area contributed by atoms with Gasteiger partial charge in [0.25, 0.3) is 0 Å². The monoisotopic (exact) mass is 413 g/mol. The molecule has 3 rings (SSSR count). The van der Waals surface area contributed by atoms with E-state index in [0.29, 0.717) is 31.7 Å². The molecule has 5 nitrogen and oxygen atoms in total. The molecule has 0 amide bonds. The maximum absolute atomic E-state index is 12.6. The van der Waals surface area contributed by atoms with E-state index in [0.717, 1.165) is 22.3 Å². The number of aryl methyl sites for hydroxylation is 3. The summed E-state index contributed by atoms with van der Waals surface area (Å²) in [5, 5.41) is 1.24. The maximum Gasteiger partial charge on any atom is 0.314 e. The van der Waals surface area contributed by atoms with E-state index in [1.54, 1.807) is 6.08 Å². The second-order valence-corrected chi connectivity index (χ2v) is 9.40. The van der Waals surface area contributed by atoms with E-state index in [4.69, 9.17) is 4.74 Å². The zero-order valence-electron chi connectivity index (χ0n) is 17.1. The van der Waals surface area contributed by atoms with Gasteiger partial charge in [-0.15, -0.1) is 0 Å². The zero-order valence-corrected chi connectivity index (χ0v) is 17.9. The number of hydrogen-bond donors (Lipinski definition) is 0. The standard InChI is InChI=1S/C23H27NO4S/c1-17-15-18(2)22(19(3)16-17)28-23(25)21-9-12-24(13-10-21)29(26,27)14-11-20-7-5-4-6-8-20/h4-8,11,14-16,21H,9-10,12-13H2,1-3H3/b14-11+. The predicted octanol–water partition coefficient (Wildman–Crippen LogP) is 4.23. The Hall–Kier alpha value is -2.44. The quantitative estimate of drug-likeness (QED) is 0.544. The van der Waals surface area contributed by atoms with Crippen LogP contribution in [0.15, 0.2) is 47.9 Å². The van der Waals surface area contributed by atoms with Crippen LogP contribution < -0.4 is 4.74 Å². The van der Waals surface area contributed by atoms with Gasteiger partial charge in [-0.2, -0.15) is 4.31 Å². The summed E-state index contributed by atoms with van der Waals surface area (Å²) in [5.41, 5.74) is 3.82. The third-order valence-corrected chi connectivity index (χ3v) is 6.75. The molecule has 0 spiro atoms. The summed E-state index contributed by atoms with van der Waals surface area (Å²) in [6, 6.07) is 13.3. The fourth-order valence-corrected chi connectivity index (χ4v) is 4.89. The summed E-state index contributed by atoms with van der Waals surface area (Å²) >= 11 is 0. The van der Waals surface area contributed by atoms with E-state index in [9.17, 15) is 13.2 Å². The first kappa shape index (κ1) is 21.3. The first-order chi connectivity index (χ1) is 13.8. The molecule has 0 aliphatic carbocycles. The van der Waals surface area contributed by atoms with E-state index in [1.165, 1.54) is 9.71 Å². The van der Waals surface area contributed by atoms with Crippen molar-refractivity contribution in [3.05, 3.63) is 70.1 Å². The van der Waals surface area contributed by atoms with Crippen LogP contribution in [-0.4, -0.2) is 31.8 Å². The van der Waals surface area contributed by atoms with Gasteiger partial charge in [0.2, 0.25) is 10.0 Å². The molecular formula is C23H27NO4S. The van der Waals surface area contributed by atoms with Crippen molar-refractivity contribution in [3.8, 4) is 5.75 Å². The van der Waals surface area contributed by atoms with Crippen LogP contribution in [0.3, 0.4) is 0 Å². The van der Waals surface area contributed by atoms with E-state index < -0.39 is 10.0 Å². The molecule has 6 heteroatoms. The van der Waals surface area contributed by atoms with Crippen molar-refractivity contribution >= 4 is 22.1 Å². The number of rotatable bonds is 5. The molecule has 1 aliphatic rings. The summed E-state index contributed by atoms with van der Waals surface area (Å²) in [4.78, 5) is 12.6. The molecule has 2 aromatic carbocycles. The number of esters is 1. The van der Waals surface area contributed by atoms with Crippen molar-refractivity contribution in [2.75, 3.05) is 13.1 Å². The highest BCUT2D eigenvalue weighted by molar-refractivity contribution is 7.92. The van der Waals surface area contributed by atoms with Crippen LogP contribution in [0.1, 0.15) is 35.1 Å². The molecule has 0 N–H and O–H groups in total. The lowest BCUT2D eigenvalue weighted by molar-refractivity contribution is -0.140. The number of hydrogen-bond acceptors (Lipinski definition) is 4. The Morgan fingerprint density at radius 3 is 2.21 bits per heavy atom. The number of sulfonamides is 1. The summed E-state index contributed by atoms with van der Waals surface area (Å²) in [7, 11) is -3.51. The summed E-state index contributed by atoms with van der Waals surface area (Å²) in [6.07, 6.45) is 2.51. The van der Waals surface area contributed by atoms with Gasteiger partial charge >= 0.3 is 5.97 Å². The van der Waals surface area contributed by atoms with Crippen LogP contribution in [-0.2, 0) is 14.8 Å². The Bertz CT molecular complexity index is 981. The molecule has 1 fully saturated rings. The number of benzene rings is 2. The second kappa shape index (κ2) is 8.93. The van der Waals surface area contributed by atoms with Gasteiger partial charge in [0, 0.05) is 18.5 Å². The van der Waals surface area contributed by atoms with E-state index in [2.05, 4.69) is 0 Å². The average molecular weight is 414 g/mol. The largest absolute Gasteiger partial charge is 0.426 e. The SMILES string of the molecule is Cc1cc(C)c(OC(=O)C2CCN(S(=O)(=O)/C=C/c3ccccc3)CC2)c(C)c1. The highest BCUT2D eigenvalue weighted by atomic mass is 32.2. The molecule has 29 heavy (non-hydrogen) atoms. The minimum atomic E-state index is -3.51. The Labute approximate surface area is 173 Å². The van der Waals surface area contributed by atoms with Crippen molar-refractivity contribution in [2.45, 2.75) is 33.6 Å². The smallest absolute Gasteiger partial charge is 0.314 e. The summed E-state index contributed by atoms with van der Waals surface area (Å²) < 4.78 is 32.2. The molecule has 0 atom stereocenters. The molecule has 1 aliphatic heterocycles. The van der Waals surface area contributed by atoms with Gasteiger partial charge in [-0.25, -0.2) is 8.42 Å². The average Bonchev–Trinajstić information content (AvgIpc) is 2.70. The van der Waals surface area contributed by atoms with Crippen molar-refractivity contribution in [1.82, 2.24) is 4.31 Å². The summed E-state index contributed by atoms with van der Waals surface area (Å²) in [6.45, 7) is 6.49. The van der Waals surface area contributed by atoms with Gasteiger partial charge in [0.05, 0.1) is 5.92 Å². The predicted molar refractivity (Wildman–Crippen MR) is 115 cm³/mol. The van der Waals surface area contributed by atoms with Crippen LogP contribution in [0, 0.1) is 26.7 Å². The lowest BCUT2D eigenvalue weighted by Gasteiger charge is -2.29. The van der Waals surface area contributed by atoms with Crippen LogP contribution in [0.2, 0.25) is 0 Å². The lowest BCUT2D eigenvalue weighted by Crippen LogP contribution is -2.40. The number of piperidine rings is 1. The molecule has 1 saturated heterocycles. The Balaban J connectivity index is 1.60. The van der Waals surface area contributed by atoms with Crippen LogP contribution >= 0.6 is 0 Å². The molecule has 2 aromatic rings. The fourth-order valence-electron chi connectivity index (χ4n) is 3.67. The van der Waals surface area contributed by atoms with E-state index in [-0.39, 0.29) is 11.9 Å². The van der Waals surface area contributed by atoms with Crippen LogP contribution in [0.5, 0.6) is 5.75 Å². The molecular weight excluding hydrogens is 386 g/mol. The third kappa shape index (κ3) is 5.34. The first-order valence-corrected chi connectivity index (χ1v) is 11.3. The normalized spacial score (nSPS) is 16.2. The van der Waals surface area contributed by atoms with Crippen molar-refractivity contribution in [1.29, 1.82) is 0 Å². The van der Waals surface area contributed by atoms with Gasteiger partial charge in [0.1, 0.15) is 5.75 Å². The minimum Gasteiger partial charge on any atom is -0.426 e. The third-order valence-electron chi connectivity index (χ3n) is 5.19. The van der Waals surface area contributed by atoms with Crippen molar-refractivity contribution in [2.24, 2.45) is 5.92 Å². The van der Waals surface area contributed by atoms with Crippen molar-refractivity contribution < 1.29 is 17.9 Å². The zero-order chi connectivity index (χ0) is 21.0. The van der Waals surface area contributed by atoms with E-state index in [1.807, 2.05) is 63.2 Å². The number of ether oxygens (including phenoxy) is 1.